The molecule has 24 heavy (non-hydrogen) atoms. The Bertz CT molecular complexity index is 406. The molecule has 10 N–H and O–H groups in total. The average molecular weight is 358 g/mol. The first kappa shape index (κ1) is 19.8. The lowest BCUT2D eigenvalue weighted by Gasteiger charge is -2.56. The predicted octanol–water partition coefficient (Wildman–Crippen LogP) is -6.69. The maximum atomic E-state index is 10.5. The molecule has 0 aromatic carbocycles. The summed E-state index contributed by atoms with van der Waals surface area (Å²) in [5.41, 5.74) is 0. The molecule has 2 aliphatic heterocycles. The molecule has 0 amide bonds. The Morgan fingerprint density at radius 1 is 0.583 bits per heavy atom. The predicted molar refractivity (Wildman–Crippen MR) is 69.9 cm³/mol. The Kier molecular flexibility index (Phi) is 5.52. The van der Waals surface area contributed by atoms with Crippen LogP contribution in [0.25, 0.3) is 0 Å². The first-order valence-electron chi connectivity index (χ1n) is 7.15. The molecule has 2 rings (SSSR count). The summed E-state index contributed by atoms with van der Waals surface area (Å²) in [4.78, 5) is 0. The van der Waals surface area contributed by atoms with Gasteiger partial charge >= 0.3 is 0 Å². The number of rotatable bonds is 3. The van der Waals surface area contributed by atoms with Crippen molar-refractivity contribution in [1.82, 2.24) is 0 Å². The van der Waals surface area contributed by atoms with Crippen LogP contribution >= 0.6 is 0 Å². The Morgan fingerprint density at radius 2 is 0.875 bits per heavy atom. The summed E-state index contributed by atoms with van der Waals surface area (Å²) in [5, 5.41) is 98.3. The van der Waals surface area contributed by atoms with Crippen LogP contribution in [0.5, 0.6) is 0 Å². The standard InChI is InChI=1S/C12H22O12/c13-1-3-5(15)7(17)9(19)11(21,23-3)12(22)10(20)8(18)6(16)4(2-14)24-12/h3-10,13-22H,1-2H2/t3-,4-,5-,6-,7+,8+,9-,10+,11?,12+/m1/s1. The quantitative estimate of drug-likeness (QED) is 0.227. The first-order chi connectivity index (χ1) is 11.0. The van der Waals surface area contributed by atoms with E-state index in [9.17, 15) is 40.9 Å². The molecule has 2 fully saturated rings. The average Bonchev–Trinajstić information content (AvgIpc) is 2.57. The molecular formula is C12H22O12. The molecule has 12 heteroatoms. The summed E-state index contributed by atoms with van der Waals surface area (Å²) in [7, 11) is 0. The van der Waals surface area contributed by atoms with E-state index >= 15 is 0 Å². The molecule has 0 radical (unpaired) electrons. The summed E-state index contributed by atoms with van der Waals surface area (Å²) in [5.74, 6) is -6.65. The van der Waals surface area contributed by atoms with Crippen LogP contribution in [-0.2, 0) is 9.47 Å². The summed E-state index contributed by atoms with van der Waals surface area (Å²) >= 11 is 0. The maximum absolute atomic E-state index is 10.5. The molecule has 0 spiro atoms. The van der Waals surface area contributed by atoms with E-state index in [4.69, 9.17) is 19.7 Å². The highest BCUT2D eigenvalue weighted by Gasteiger charge is 2.71. The first-order valence-corrected chi connectivity index (χ1v) is 7.15. The van der Waals surface area contributed by atoms with Gasteiger partial charge in [0.05, 0.1) is 13.2 Å². The van der Waals surface area contributed by atoms with Crippen LogP contribution in [0.2, 0.25) is 0 Å². The van der Waals surface area contributed by atoms with Gasteiger partial charge < -0.3 is 60.5 Å². The lowest BCUT2D eigenvalue weighted by molar-refractivity contribution is -0.490. The smallest absolute Gasteiger partial charge is 0.254 e. The van der Waals surface area contributed by atoms with E-state index in [-0.39, 0.29) is 0 Å². The van der Waals surface area contributed by atoms with E-state index < -0.39 is 73.6 Å². The van der Waals surface area contributed by atoms with Gasteiger partial charge in [-0.25, -0.2) is 0 Å². The highest BCUT2D eigenvalue weighted by Crippen LogP contribution is 2.43. The van der Waals surface area contributed by atoms with Crippen molar-refractivity contribution in [3.63, 3.8) is 0 Å². The summed E-state index contributed by atoms with van der Waals surface area (Å²) in [6, 6.07) is 0. The number of hydrogen-bond donors (Lipinski definition) is 10. The Labute approximate surface area is 135 Å². The fraction of sp³-hybridized carbons (Fsp3) is 1.00. The van der Waals surface area contributed by atoms with Gasteiger partial charge in [-0.05, 0) is 0 Å². The molecule has 0 aliphatic carbocycles. The minimum atomic E-state index is -3.33. The lowest BCUT2D eigenvalue weighted by atomic mass is 9.80. The van der Waals surface area contributed by atoms with Crippen LogP contribution in [0.15, 0.2) is 0 Å². The van der Waals surface area contributed by atoms with E-state index in [0.29, 0.717) is 0 Å². The molecule has 10 atom stereocenters. The maximum Gasteiger partial charge on any atom is 0.254 e. The minimum Gasteiger partial charge on any atom is -0.394 e. The van der Waals surface area contributed by atoms with Crippen LogP contribution in [-0.4, -0.2) is 125 Å². The highest BCUT2D eigenvalue weighted by molar-refractivity contribution is 5.09. The molecule has 0 saturated carbocycles. The van der Waals surface area contributed by atoms with Gasteiger partial charge in [-0.3, -0.25) is 0 Å². The van der Waals surface area contributed by atoms with Crippen molar-refractivity contribution in [3.05, 3.63) is 0 Å². The Morgan fingerprint density at radius 3 is 1.12 bits per heavy atom. The third-order valence-corrected chi connectivity index (χ3v) is 4.45. The van der Waals surface area contributed by atoms with Crippen LogP contribution in [0.3, 0.4) is 0 Å². The normalized spacial score (nSPS) is 56.2. The molecule has 2 heterocycles. The molecule has 0 bridgehead atoms. The topological polar surface area (TPSA) is 221 Å². The van der Waals surface area contributed by atoms with E-state index in [1.54, 1.807) is 0 Å². The Balaban J connectivity index is 2.45. The van der Waals surface area contributed by atoms with Gasteiger partial charge in [-0.15, -0.1) is 0 Å². The van der Waals surface area contributed by atoms with E-state index in [0.717, 1.165) is 0 Å². The van der Waals surface area contributed by atoms with Crippen molar-refractivity contribution >= 4 is 0 Å². The van der Waals surface area contributed by atoms with Gasteiger partial charge in [0.2, 0.25) is 0 Å². The third-order valence-electron chi connectivity index (χ3n) is 4.45. The monoisotopic (exact) mass is 358 g/mol. The molecule has 2 aliphatic rings. The van der Waals surface area contributed by atoms with Crippen LogP contribution < -0.4 is 0 Å². The molecule has 2 saturated heterocycles. The second-order valence-electron chi connectivity index (χ2n) is 5.92. The van der Waals surface area contributed by atoms with Crippen molar-refractivity contribution < 1.29 is 60.5 Å². The molecule has 12 nitrogen and oxygen atoms in total. The van der Waals surface area contributed by atoms with Crippen LogP contribution in [0, 0.1) is 0 Å². The Hall–Kier alpha value is -0.480. The number of aliphatic hydroxyl groups is 10. The van der Waals surface area contributed by atoms with Crippen molar-refractivity contribution in [2.24, 2.45) is 0 Å². The number of ether oxygens (including phenoxy) is 2. The molecule has 0 aromatic rings. The fourth-order valence-electron chi connectivity index (χ4n) is 2.90. The summed E-state index contributed by atoms with van der Waals surface area (Å²) in [6.07, 6.45) is -16.2. The van der Waals surface area contributed by atoms with Gasteiger partial charge in [0.15, 0.2) is 0 Å². The van der Waals surface area contributed by atoms with Gasteiger partial charge in [0.1, 0.15) is 48.8 Å². The minimum absolute atomic E-state index is 0.950. The molecular weight excluding hydrogens is 336 g/mol. The molecule has 1 unspecified atom stereocenters. The van der Waals surface area contributed by atoms with Gasteiger partial charge in [-0.2, -0.15) is 0 Å². The second-order valence-corrected chi connectivity index (χ2v) is 5.92. The van der Waals surface area contributed by atoms with Crippen molar-refractivity contribution in [3.8, 4) is 0 Å². The largest absolute Gasteiger partial charge is 0.394 e. The van der Waals surface area contributed by atoms with E-state index in [2.05, 4.69) is 0 Å². The van der Waals surface area contributed by atoms with E-state index in [1.807, 2.05) is 0 Å². The van der Waals surface area contributed by atoms with Crippen LogP contribution in [0.4, 0.5) is 0 Å². The van der Waals surface area contributed by atoms with Crippen molar-refractivity contribution in [1.29, 1.82) is 0 Å². The van der Waals surface area contributed by atoms with E-state index in [1.165, 1.54) is 0 Å². The second kappa shape index (κ2) is 6.68. The lowest BCUT2D eigenvalue weighted by Crippen LogP contribution is -2.81. The number of aliphatic hydroxyl groups excluding tert-OH is 8. The van der Waals surface area contributed by atoms with Crippen molar-refractivity contribution in [2.45, 2.75) is 60.4 Å². The third kappa shape index (κ3) is 2.65. The van der Waals surface area contributed by atoms with Crippen LogP contribution in [0.1, 0.15) is 0 Å². The highest BCUT2D eigenvalue weighted by atomic mass is 16.7. The fourth-order valence-corrected chi connectivity index (χ4v) is 2.90. The van der Waals surface area contributed by atoms with Gasteiger partial charge in [0, 0.05) is 0 Å². The molecule has 142 valence electrons. The molecule has 0 aromatic heterocycles. The van der Waals surface area contributed by atoms with Gasteiger partial charge in [0.25, 0.3) is 11.6 Å². The number of hydrogen-bond acceptors (Lipinski definition) is 12. The zero-order valence-corrected chi connectivity index (χ0v) is 12.3. The summed E-state index contributed by atoms with van der Waals surface area (Å²) < 4.78 is 9.69. The van der Waals surface area contributed by atoms with Gasteiger partial charge in [-0.1, -0.05) is 0 Å². The SMILES string of the molecule is OC[C@H]1OC(O)([C@@]2(O)O[C@H](CO)[C@@H](O)[C@H](O)[C@@H]2O)[C@H](O)[C@@H](O)[C@@H]1O. The van der Waals surface area contributed by atoms with Crippen molar-refractivity contribution in [2.75, 3.05) is 13.2 Å². The zero-order valence-electron chi connectivity index (χ0n) is 12.3. The summed E-state index contributed by atoms with van der Waals surface area (Å²) in [6.45, 7) is -1.90. The zero-order chi connectivity index (χ0) is 18.4.